The fraction of sp³-hybridized carbons (Fsp3) is 0.273. The number of nitriles is 1. The zero-order valence-corrected chi connectivity index (χ0v) is 15.1. The number of H-pyrrole nitrogens is 2. The van der Waals surface area contributed by atoms with Gasteiger partial charge in [-0.1, -0.05) is 18.6 Å². The number of aromatic amines is 2. The minimum Gasteiger partial charge on any atom is -0.353 e. The molecular formula is C22H21N5. The predicted octanol–water partition coefficient (Wildman–Crippen LogP) is 4.57. The maximum Gasteiger partial charge on any atom is 0.116 e. The van der Waals surface area contributed by atoms with Crippen molar-refractivity contribution in [1.82, 2.24) is 20.1 Å². The first-order valence-electron chi connectivity index (χ1n) is 9.53. The average molecular weight is 355 g/mol. The SMILES string of the molecule is N#Cc1ccc2c(-c3cc4c(CN5CCCCC5)cccc4[nH]3)n[nH]c2c1. The van der Waals surface area contributed by atoms with Crippen LogP contribution in [0.1, 0.15) is 30.4 Å². The standard InChI is InChI=1S/C22H21N5/c23-13-15-7-8-17-20(11-15)25-26-22(17)21-12-18-16(5-4-6-19(18)24-21)14-27-9-2-1-3-10-27/h4-8,11-12,24H,1-3,9-10,14H2,(H,25,26). The van der Waals surface area contributed by atoms with Crippen LogP contribution in [-0.2, 0) is 6.54 Å². The Hall–Kier alpha value is -3.10. The molecule has 0 aliphatic carbocycles. The number of nitrogens with zero attached hydrogens (tertiary/aromatic N) is 3. The van der Waals surface area contributed by atoms with Crippen molar-refractivity contribution in [1.29, 1.82) is 5.26 Å². The molecule has 3 heterocycles. The van der Waals surface area contributed by atoms with Crippen LogP contribution in [0.2, 0.25) is 0 Å². The quantitative estimate of drug-likeness (QED) is 0.565. The van der Waals surface area contributed by atoms with E-state index in [1.165, 1.54) is 43.3 Å². The van der Waals surface area contributed by atoms with Gasteiger partial charge in [-0.3, -0.25) is 10.00 Å². The molecular weight excluding hydrogens is 334 g/mol. The monoisotopic (exact) mass is 355 g/mol. The summed E-state index contributed by atoms with van der Waals surface area (Å²) in [5.41, 5.74) is 5.93. The van der Waals surface area contributed by atoms with E-state index < -0.39 is 0 Å². The topological polar surface area (TPSA) is 71.5 Å². The number of hydrogen-bond donors (Lipinski definition) is 2. The molecule has 2 aromatic carbocycles. The first-order valence-corrected chi connectivity index (χ1v) is 9.53. The summed E-state index contributed by atoms with van der Waals surface area (Å²) < 4.78 is 0. The van der Waals surface area contributed by atoms with Gasteiger partial charge in [0, 0.05) is 22.8 Å². The lowest BCUT2D eigenvalue weighted by Crippen LogP contribution is -2.29. The highest BCUT2D eigenvalue weighted by atomic mass is 15.1. The normalized spacial score (nSPS) is 15.4. The van der Waals surface area contributed by atoms with E-state index >= 15 is 0 Å². The van der Waals surface area contributed by atoms with Crippen LogP contribution in [0.4, 0.5) is 0 Å². The molecule has 5 rings (SSSR count). The fourth-order valence-corrected chi connectivity index (χ4v) is 4.14. The molecule has 4 aromatic rings. The van der Waals surface area contributed by atoms with Crippen LogP contribution in [0.15, 0.2) is 42.5 Å². The Labute approximate surface area is 157 Å². The van der Waals surface area contributed by atoms with Gasteiger partial charge in [-0.15, -0.1) is 0 Å². The minimum atomic E-state index is 0.637. The third-order valence-electron chi connectivity index (χ3n) is 5.54. The summed E-state index contributed by atoms with van der Waals surface area (Å²) in [5, 5.41) is 18.9. The van der Waals surface area contributed by atoms with Crippen molar-refractivity contribution in [3.05, 3.63) is 53.6 Å². The molecule has 1 aliphatic rings. The molecule has 0 saturated carbocycles. The Kier molecular flexibility index (Phi) is 3.92. The molecule has 0 atom stereocenters. The number of rotatable bonds is 3. The van der Waals surface area contributed by atoms with Crippen molar-refractivity contribution in [2.75, 3.05) is 13.1 Å². The van der Waals surface area contributed by atoms with Crippen molar-refractivity contribution in [3.63, 3.8) is 0 Å². The highest BCUT2D eigenvalue weighted by Crippen LogP contribution is 2.31. The molecule has 0 spiro atoms. The Balaban J connectivity index is 1.55. The first kappa shape index (κ1) is 16.1. The lowest BCUT2D eigenvalue weighted by molar-refractivity contribution is 0.221. The molecule has 0 amide bonds. The molecule has 2 aromatic heterocycles. The number of aromatic nitrogens is 3. The Morgan fingerprint density at radius 2 is 1.89 bits per heavy atom. The van der Waals surface area contributed by atoms with E-state index in [0.717, 1.165) is 34.4 Å². The van der Waals surface area contributed by atoms with Crippen molar-refractivity contribution in [2.45, 2.75) is 25.8 Å². The highest BCUT2D eigenvalue weighted by molar-refractivity contribution is 5.96. The van der Waals surface area contributed by atoms with Gasteiger partial charge in [-0.05, 0) is 61.8 Å². The minimum absolute atomic E-state index is 0.637. The molecule has 27 heavy (non-hydrogen) atoms. The van der Waals surface area contributed by atoms with Gasteiger partial charge in [0.25, 0.3) is 0 Å². The van der Waals surface area contributed by atoms with Crippen LogP contribution < -0.4 is 0 Å². The van der Waals surface area contributed by atoms with Gasteiger partial charge < -0.3 is 4.98 Å². The second-order valence-corrected chi connectivity index (χ2v) is 7.34. The van der Waals surface area contributed by atoms with Gasteiger partial charge in [-0.25, -0.2) is 0 Å². The molecule has 134 valence electrons. The number of nitrogens with one attached hydrogen (secondary N) is 2. The van der Waals surface area contributed by atoms with Gasteiger partial charge in [0.1, 0.15) is 5.69 Å². The smallest absolute Gasteiger partial charge is 0.116 e. The van der Waals surface area contributed by atoms with E-state index in [1.807, 2.05) is 18.2 Å². The Morgan fingerprint density at radius 3 is 2.74 bits per heavy atom. The summed E-state index contributed by atoms with van der Waals surface area (Å²) in [6, 6.07) is 16.5. The molecule has 0 radical (unpaired) electrons. The number of hydrogen-bond acceptors (Lipinski definition) is 3. The van der Waals surface area contributed by atoms with Crippen molar-refractivity contribution >= 4 is 21.8 Å². The summed E-state index contributed by atoms with van der Waals surface area (Å²) in [6.07, 6.45) is 3.96. The molecule has 0 bridgehead atoms. The molecule has 2 N–H and O–H groups in total. The fourth-order valence-electron chi connectivity index (χ4n) is 4.14. The van der Waals surface area contributed by atoms with Gasteiger partial charge in [0.2, 0.25) is 0 Å². The molecule has 0 unspecified atom stereocenters. The van der Waals surface area contributed by atoms with Crippen LogP contribution in [-0.4, -0.2) is 33.2 Å². The highest BCUT2D eigenvalue weighted by Gasteiger charge is 2.15. The Morgan fingerprint density at radius 1 is 1.00 bits per heavy atom. The van der Waals surface area contributed by atoms with E-state index in [-0.39, 0.29) is 0 Å². The van der Waals surface area contributed by atoms with Gasteiger partial charge >= 0.3 is 0 Å². The first-order chi connectivity index (χ1) is 13.3. The van der Waals surface area contributed by atoms with Gasteiger partial charge in [-0.2, -0.15) is 10.4 Å². The predicted molar refractivity (Wildman–Crippen MR) is 107 cm³/mol. The van der Waals surface area contributed by atoms with E-state index in [9.17, 15) is 0 Å². The van der Waals surface area contributed by atoms with Crippen molar-refractivity contribution in [2.24, 2.45) is 0 Å². The van der Waals surface area contributed by atoms with Crippen molar-refractivity contribution in [3.8, 4) is 17.5 Å². The van der Waals surface area contributed by atoms with E-state index in [4.69, 9.17) is 5.26 Å². The van der Waals surface area contributed by atoms with Crippen LogP contribution in [0.3, 0.4) is 0 Å². The largest absolute Gasteiger partial charge is 0.353 e. The van der Waals surface area contributed by atoms with Crippen LogP contribution >= 0.6 is 0 Å². The van der Waals surface area contributed by atoms with Crippen LogP contribution in [0.5, 0.6) is 0 Å². The van der Waals surface area contributed by atoms with E-state index in [1.54, 1.807) is 0 Å². The second-order valence-electron chi connectivity index (χ2n) is 7.34. The maximum absolute atomic E-state index is 9.09. The van der Waals surface area contributed by atoms with Crippen molar-refractivity contribution < 1.29 is 0 Å². The molecule has 5 nitrogen and oxygen atoms in total. The summed E-state index contributed by atoms with van der Waals surface area (Å²) in [5.74, 6) is 0. The zero-order chi connectivity index (χ0) is 18.2. The summed E-state index contributed by atoms with van der Waals surface area (Å²) >= 11 is 0. The molecule has 5 heteroatoms. The van der Waals surface area contributed by atoms with Gasteiger partial charge in [0.05, 0.1) is 22.8 Å². The second kappa shape index (κ2) is 6.57. The van der Waals surface area contributed by atoms with E-state index in [2.05, 4.69) is 50.4 Å². The Bertz CT molecular complexity index is 1150. The maximum atomic E-state index is 9.09. The van der Waals surface area contributed by atoms with Crippen LogP contribution in [0.25, 0.3) is 33.2 Å². The average Bonchev–Trinajstić information content (AvgIpc) is 3.32. The lowest BCUT2D eigenvalue weighted by atomic mass is 10.1. The summed E-state index contributed by atoms with van der Waals surface area (Å²) in [7, 11) is 0. The van der Waals surface area contributed by atoms with E-state index in [0.29, 0.717) is 5.56 Å². The van der Waals surface area contributed by atoms with Gasteiger partial charge in [0.15, 0.2) is 0 Å². The summed E-state index contributed by atoms with van der Waals surface area (Å²) in [6.45, 7) is 3.39. The molecule has 1 saturated heterocycles. The number of fused-ring (bicyclic) bond motifs is 2. The number of benzene rings is 2. The lowest BCUT2D eigenvalue weighted by Gasteiger charge is -2.26. The zero-order valence-electron chi connectivity index (χ0n) is 15.1. The molecule has 1 aliphatic heterocycles. The third-order valence-corrected chi connectivity index (χ3v) is 5.54. The molecule has 1 fully saturated rings. The number of piperidine rings is 1. The summed E-state index contributed by atoms with van der Waals surface area (Å²) in [4.78, 5) is 6.08. The van der Waals surface area contributed by atoms with Crippen LogP contribution in [0, 0.1) is 11.3 Å². The third kappa shape index (κ3) is 2.88. The number of likely N-dealkylation sites (tertiary alicyclic amines) is 1.